The van der Waals surface area contributed by atoms with Gasteiger partial charge in [0.25, 0.3) is 0 Å². The second kappa shape index (κ2) is 3.94. The van der Waals surface area contributed by atoms with E-state index < -0.39 is 0 Å². The molecule has 2 heteroatoms. The lowest BCUT2D eigenvalue weighted by Gasteiger charge is -2.27. The smallest absolute Gasteiger partial charge is 0.0269 e. The van der Waals surface area contributed by atoms with Gasteiger partial charge in [-0.3, -0.25) is 10.9 Å². The summed E-state index contributed by atoms with van der Waals surface area (Å²) in [6.07, 6.45) is 1.19. The van der Waals surface area contributed by atoms with Crippen LogP contribution in [0.5, 0.6) is 0 Å². The highest BCUT2D eigenvalue weighted by Crippen LogP contribution is 2.13. The van der Waals surface area contributed by atoms with Crippen LogP contribution >= 0.6 is 0 Å². The average molecular weight is 144 g/mol. The molecule has 2 nitrogen and oxygen atoms in total. The minimum atomic E-state index is 0.211. The molecule has 0 unspecified atom stereocenters. The van der Waals surface area contributed by atoms with E-state index in [-0.39, 0.29) is 5.54 Å². The zero-order chi connectivity index (χ0) is 8.20. The largest absolute Gasteiger partial charge is 0.260 e. The highest BCUT2D eigenvalue weighted by atomic mass is 15.4. The first-order valence-electron chi connectivity index (χ1n) is 3.92. The summed E-state index contributed by atoms with van der Waals surface area (Å²) in [6.45, 7) is 8.87. The monoisotopic (exact) mass is 144 g/mol. The van der Waals surface area contributed by atoms with E-state index in [9.17, 15) is 0 Å². The zero-order valence-electron chi connectivity index (χ0n) is 7.78. The SMILES string of the molecule is CNNC(C)(C)CC(C)C. The van der Waals surface area contributed by atoms with Gasteiger partial charge in [0.05, 0.1) is 0 Å². The molecule has 0 amide bonds. The van der Waals surface area contributed by atoms with Crippen LogP contribution in [0.15, 0.2) is 0 Å². The van der Waals surface area contributed by atoms with Gasteiger partial charge in [0.1, 0.15) is 0 Å². The first-order chi connectivity index (χ1) is 4.48. The van der Waals surface area contributed by atoms with Gasteiger partial charge in [-0.2, -0.15) is 0 Å². The van der Waals surface area contributed by atoms with Gasteiger partial charge in [-0.25, -0.2) is 0 Å². The van der Waals surface area contributed by atoms with Crippen molar-refractivity contribution in [3.63, 3.8) is 0 Å². The summed E-state index contributed by atoms with van der Waals surface area (Å²) in [5, 5.41) is 0. The molecule has 0 saturated heterocycles. The van der Waals surface area contributed by atoms with Crippen LogP contribution in [0.2, 0.25) is 0 Å². The standard InChI is InChI=1S/C8H20N2/c1-7(2)6-8(3,4)10-9-5/h7,9-10H,6H2,1-5H3. The highest BCUT2D eigenvalue weighted by molar-refractivity contribution is 4.75. The predicted molar refractivity (Wildman–Crippen MR) is 45.7 cm³/mol. The second-order valence-corrected chi connectivity index (χ2v) is 3.86. The van der Waals surface area contributed by atoms with E-state index in [4.69, 9.17) is 0 Å². The van der Waals surface area contributed by atoms with E-state index in [0.29, 0.717) is 0 Å². The van der Waals surface area contributed by atoms with Gasteiger partial charge in [0, 0.05) is 5.54 Å². The lowest BCUT2D eigenvalue weighted by molar-refractivity contribution is 0.291. The third kappa shape index (κ3) is 4.77. The Labute approximate surface area is 64.4 Å². The lowest BCUT2D eigenvalue weighted by atomic mass is 9.94. The van der Waals surface area contributed by atoms with Gasteiger partial charge in [0.2, 0.25) is 0 Å². The Morgan fingerprint density at radius 2 is 1.80 bits per heavy atom. The van der Waals surface area contributed by atoms with Crippen molar-refractivity contribution in [3.8, 4) is 0 Å². The van der Waals surface area contributed by atoms with Crippen LogP contribution < -0.4 is 10.9 Å². The summed E-state index contributed by atoms with van der Waals surface area (Å²) in [5.74, 6) is 0.746. The van der Waals surface area contributed by atoms with Crippen LogP contribution in [-0.4, -0.2) is 12.6 Å². The van der Waals surface area contributed by atoms with Crippen LogP contribution in [0.3, 0.4) is 0 Å². The van der Waals surface area contributed by atoms with Crippen molar-refractivity contribution < 1.29 is 0 Å². The summed E-state index contributed by atoms with van der Waals surface area (Å²) < 4.78 is 0. The number of hydrogen-bond acceptors (Lipinski definition) is 2. The van der Waals surface area contributed by atoms with E-state index in [1.54, 1.807) is 0 Å². The Morgan fingerprint density at radius 1 is 1.30 bits per heavy atom. The van der Waals surface area contributed by atoms with E-state index >= 15 is 0 Å². The molecule has 0 aromatic rings. The minimum absolute atomic E-state index is 0.211. The summed E-state index contributed by atoms with van der Waals surface area (Å²) in [4.78, 5) is 0. The molecule has 10 heavy (non-hydrogen) atoms. The van der Waals surface area contributed by atoms with Gasteiger partial charge < -0.3 is 0 Å². The van der Waals surface area contributed by atoms with E-state index in [1.807, 2.05) is 7.05 Å². The first kappa shape index (κ1) is 9.92. The molecule has 0 atom stereocenters. The maximum absolute atomic E-state index is 3.20. The molecule has 0 spiro atoms. The fraction of sp³-hybridized carbons (Fsp3) is 1.00. The molecular formula is C8H20N2. The molecule has 0 bridgehead atoms. The zero-order valence-corrected chi connectivity index (χ0v) is 7.78. The van der Waals surface area contributed by atoms with E-state index in [0.717, 1.165) is 5.92 Å². The van der Waals surface area contributed by atoms with Crippen LogP contribution in [-0.2, 0) is 0 Å². The fourth-order valence-electron chi connectivity index (χ4n) is 1.41. The van der Waals surface area contributed by atoms with E-state index in [1.165, 1.54) is 6.42 Å². The van der Waals surface area contributed by atoms with Gasteiger partial charge in [-0.15, -0.1) is 0 Å². The molecule has 0 heterocycles. The predicted octanol–water partition coefficient (Wildman–Crippen LogP) is 1.54. The molecule has 0 aliphatic carbocycles. The molecule has 0 aliphatic heterocycles. The Hall–Kier alpha value is -0.0800. The molecule has 0 radical (unpaired) electrons. The highest BCUT2D eigenvalue weighted by Gasteiger charge is 2.16. The molecule has 0 saturated carbocycles. The van der Waals surface area contributed by atoms with Crippen LogP contribution in [0.25, 0.3) is 0 Å². The maximum atomic E-state index is 3.20. The Kier molecular flexibility index (Phi) is 3.91. The normalized spacial score (nSPS) is 12.6. The number of hydrazine groups is 1. The van der Waals surface area contributed by atoms with Gasteiger partial charge in [0.15, 0.2) is 0 Å². The average Bonchev–Trinajstić information content (AvgIpc) is 1.59. The van der Waals surface area contributed by atoms with Crippen molar-refractivity contribution in [2.45, 2.75) is 39.7 Å². The molecule has 2 N–H and O–H groups in total. The summed E-state index contributed by atoms with van der Waals surface area (Å²) in [6, 6.07) is 0. The first-order valence-corrected chi connectivity index (χ1v) is 3.92. The maximum Gasteiger partial charge on any atom is 0.0269 e. The summed E-state index contributed by atoms with van der Waals surface area (Å²) in [7, 11) is 1.90. The number of hydrogen-bond donors (Lipinski definition) is 2. The van der Waals surface area contributed by atoms with Gasteiger partial charge in [-0.1, -0.05) is 13.8 Å². The lowest BCUT2D eigenvalue weighted by Crippen LogP contribution is -2.47. The number of rotatable bonds is 4. The molecule has 0 rings (SSSR count). The molecule has 0 fully saturated rings. The molecule has 62 valence electrons. The second-order valence-electron chi connectivity index (χ2n) is 3.86. The Balaban J connectivity index is 3.63. The van der Waals surface area contributed by atoms with Crippen LogP contribution in [0, 0.1) is 5.92 Å². The topological polar surface area (TPSA) is 24.1 Å². The van der Waals surface area contributed by atoms with E-state index in [2.05, 4.69) is 38.5 Å². The fourth-order valence-corrected chi connectivity index (χ4v) is 1.41. The molecule has 0 aromatic carbocycles. The Bertz CT molecular complexity index is 87.3. The summed E-state index contributed by atoms with van der Waals surface area (Å²) >= 11 is 0. The van der Waals surface area contributed by atoms with Crippen LogP contribution in [0.4, 0.5) is 0 Å². The molecule has 0 aliphatic rings. The Morgan fingerprint density at radius 3 is 2.10 bits per heavy atom. The van der Waals surface area contributed by atoms with Crippen molar-refractivity contribution in [3.05, 3.63) is 0 Å². The number of nitrogens with one attached hydrogen (secondary N) is 2. The third-order valence-corrected chi connectivity index (χ3v) is 1.38. The third-order valence-electron chi connectivity index (χ3n) is 1.38. The quantitative estimate of drug-likeness (QED) is 0.585. The van der Waals surface area contributed by atoms with Crippen molar-refractivity contribution in [2.75, 3.05) is 7.05 Å². The van der Waals surface area contributed by atoms with Crippen molar-refractivity contribution in [1.29, 1.82) is 0 Å². The van der Waals surface area contributed by atoms with Crippen LogP contribution in [0.1, 0.15) is 34.1 Å². The minimum Gasteiger partial charge on any atom is -0.260 e. The van der Waals surface area contributed by atoms with Gasteiger partial charge in [-0.05, 0) is 33.2 Å². The molecular weight excluding hydrogens is 124 g/mol. The summed E-state index contributed by atoms with van der Waals surface area (Å²) in [5.41, 5.74) is 6.38. The van der Waals surface area contributed by atoms with Gasteiger partial charge >= 0.3 is 0 Å². The van der Waals surface area contributed by atoms with Crippen molar-refractivity contribution in [2.24, 2.45) is 5.92 Å². The molecule has 0 aromatic heterocycles. The van der Waals surface area contributed by atoms with Crippen molar-refractivity contribution in [1.82, 2.24) is 10.9 Å². The van der Waals surface area contributed by atoms with Crippen molar-refractivity contribution >= 4 is 0 Å².